The van der Waals surface area contributed by atoms with Gasteiger partial charge in [-0.3, -0.25) is 15.0 Å². The molecular formula is C18H17N5O3S. The number of fused-ring (bicyclic) bond motifs is 1. The number of hydrogen-bond donors (Lipinski definition) is 0. The Morgan fingerprint density at radius 2 is 1.89 bits per heavy atom. The summed E-state index contributed by atoms with van der Waals surface area (Å²) in [5.41, 5.74) is 0.985. The van der Waals surface area contributed by atoms with Crippen molar-refractivity contribution in [3.8, 4) is 0 Å². The molecular weight excluding hydrogens is 366 g/mol. The van der Waals surface area contributed by atoms with E-state index in [1.807, 2.05) is 30.3 Å². The number of nitrogens with zero attached hydrogens (tertiary/aromatic N) is 5. The van der Waals surface area contributed by atoms with E-state index in [9.17, 15) is 14.9 Å². The molecule has 4 rings (SSSR count). The van der Waals surface area contributed by atoms with E-state index < -0.39 is 4.92 Å². The zero-order valence-electron chi connectivity index (χ0n) is 14.4. The van der Waals surface area contributed by atoms with Crippen LogP contribution in [0.2, 0.25) is 0 Å². The van der Waals surface area contributed by atoms with Crippen LogP contribution in [0.4, 0.5) is 10.8 Å². The van der Waals surface area contributed by atoms with Crippen molar-refractivity contribution in [1.82, 2.24) is 14.9 Å². The van der Waals surface area contributed by atoms with Crippen molar-refractivity contribution < 1.29 is 9.72 Å². The minimum atomic E-state index is -0.400. The lowest BCUT2D eigenvalue weighted by Crippen LogP contribution is -2.48. The second-order valence-electron chi connectivity index (χ2n) is 6.27. The van der Waals surface area contributed by atoms with Crippen molar-refractivity contribution in [2.45, 2.75) is 6.04 Å². The fourth-order valence-electron chi connectivity index (χ4n) is 3.41. The first-order chi connectivity index (χ1) is 13.2. The summed E-state index contributed by atoms with van der Waals surface area (Å²) in [6, 6.07) is 11.0. The van der Waals surface area contributed by atoms with Gasteiger partial charge in [0, 0.05) is 32.2 Å². The van der Waals surface area contributed by atoms with Crippen molar-refractivity contribution in [2.75, 3.05) is 31.1 Å². The fourth-order valence-corrected chi connectivity index (χ4v) is 4.22. The lowest BCUT2D eigenvalue weighted by atomic mass is 10.1. The second-order valence-corrected chi connectivity index (χ2v) is 7.28. The number of thiophene rings is 1. The van der Waals surface area contributed by atoms with Crippen molar-refractivity contribution in [2.24, 2.45) is 0 Å². The normalized spacial score (nSPS) is 16.4. The Morgan fingerprint density at radius 3 is 2.56 bits per heavy atom. The largest absolute Gasteiger partial charge is 0.353 e. The number of anilines is 1. The molecule has 0 spiro atoms. The van der Waals surface area contributed by atoms with Crippen LogP contribution >= 0.6 is 11.3 Å². The molecule has 0 radical (unpaired) electrons. The molecule has 0 amide bonds. The average Bonchev–Trinajstić information content (AvgIpc) is 3.15. The molecule has 27 heavy (non-hydrogen) atoms. The van der Waals surface area contributed by atoms with Gasteiger partial charge in [-0.25, -0.2) is 9.97 Å². The molecule has 1 aromatic carbocycles. The number of benzene rings is 1. The maximum atomic E-state index is 11.7. The van der Waals surface area contributed by atoms with E-state index in [4.69, 9.17) is 0 Å². The zero-order chi connectivity index (χ0) is 18.8. The van der Waals surface area contributed by atoms with Crippen LogP contribution in [0.15, 0.2) is 42.7 Å². The summed E-state index contributed by atoms with van der Waals surface area (Å²) in [7, 11) is 0. The number of carbonyl (C=O) groups excluding carboxylic acids is 1. The van der Waals surface area contributed by atoms with Crippen molar-refractivity contribution in [3.63, 3.8) is 0 Å². The van der Waals surface area contributed by atoms with Gasteiger partial charge in [-0.15, -0.1) is 0 Å². The average molecular weight is 383 g/mol. The molecule has 0 saturated carbocycles. The van der Waals surface area contributed by atoms with Crippen LogP contribution in [-0.2, 0) is 4.79 Å². The van der Waals surface area contributed by atoms with Crippen LogP contribution in [0.25, 0.3) is 10.2 Å². The summed E-state index contributed by atoms with van der Waals surface area (Å²) in [6.45, 7) is 2.78. The third-order valence-electron chi connectivity index (χ3n) is 4.75. The predicted octanol–water partition coefficient (Wildman–Crippen LogP) is 2.66. The molecule has 0 aliphatic carbocycles. The Morgan fingerprint density at radius 1 is 1.15 bits per heavy atom. The van der Waals surface area contributed by atoms with E-state index in [2.05, 4.69) is 19.8 Å². The molecule has 138 valence electrons. The minimum Gasteiger partial charge on any atom is -0.353 e. The predicted molar refractivity (Wildman–Crippen MR) is 103 cm³/mol. The second kappa shape index (κ2) is 7.37. The van der Waals surface area contributed by atoms with Gasteiger partial charge >= 0.3 is 5.00 Å². The summed E-state index contributed by atoms with van der Waals surface area (Å²) < 4.78 is 0. The number of hydrogen-bond acceptors (Lipinski definition) is 8. The monoisotopic (exact) mass is 383 g/mol. The highest BCUT2D eigenvalue weighted by molar-refractivity contribution is 7.21. The van der Waals surface area contributed by atoms with Gasteiger partial charge in [0.1, 0.15) is 23.3 Å². The molecule has 3 heterocycles. The fraction of sp³-hybridized carbons (Fsp3) is 0.278. The summed E-state index contributed by atoms with van der Waals surface area (Å²) in [5.74, 6) is 0.714. The third kappa shape index (κ3) is 3.38. The number of aldehydes is 1. The van der Waals surface area contributed by atoms with Crippen LogP contribution in [0.1, 0.15) is 11.6 Å². The Labute approximate surface area is 159 Å². The highest BCUT2D eigenvalue weighted by atomic mass is 32.1. The van der Waals surface area contributed by atoms with Gasteiger partial charge < -0.3 is 9.69 Å². The van der Waals surface area contributed by atoms with Gasteiger partial charge in [0.15, 0.2) is 0 Å². The lowest BCUT2D eigenvalue weighted by molar-refractivity contribution is -0.380. The number of piperazine rings is 1. The Bertz CT molecular complexity index is 970. The van der Waals surface area contributed by atoms with Gasteiger partial charge in [-0.05, 0) is 16.9 Å². The number of nitro groups is 1. The summed E-state index contributed by atoms with van der Waals surface area (Å²) in [4.78, 5) is 35.7. The molecule has 1 aliphatic rings. The quantitative estimate of drug-likeness (QED) is 0.380. The van der Waals surface area contributed by atoms with Gasteiger partial charge in [-0.1, -0.05) is 30.3 Å². The SMILES string of the molecule is O=CC(c1ccccc1)N1CCN(c2ncnc3sc([N+](=O)[O-])cc23)CC1. The first-order valence-electron chi connectivity index (χ1n) is 8.55. The molecule has 3 aromatic rings. The zero-order valence-corrected chi connectivity index (χ0v) is 15.2. The maximum absolute atomic E-state index is 11.7. The standard InChI is InChI=1S/C18H17N5O3S/c24-11-15(13-4-2-1-3-5-13)21-6-8-22(9-7-21)17-14-10-16(23(25)26)27-18(14)20-12-19-17/h1-5,10-12,15H,6-9H2. The molecule has 1 atom stereocenters. The van der Waals surface area contributed by atoms with Crippen LogP contribution < -0.4 is 4.90 Å². The van der Waals surface area contributed by atoms with Crippen LogP contribution in [-0.4, -0.2) is 52.3 Å². The van der Waals surface area contributed by atoms with Crippen molar-refractivity contribution >= 4 is 38.7 Å². The van der Waals surface area contributed by atoms with E-state index in [0.29, 0.717) is 42.2 Å². The summed E-state index contributed by atoms with van der Waals surface area (Å²) in [6.07, 6.45) is 2.43. The number of rotatable bonds is 5. The van der Waals surface area contributed by atoms with Gasteiger partial charge in [0.2, 0.25) is 0 Å². The smallest absolute Gasteiger partial charge is 0.326 e. The Hall–Kier alpha value is -2.91. The third-order valence-corrected chi connectivity index (χ3v) is 5.75. The van der Waals surface area contributed by atoms with E-state index in [1.54, 1.807) is 6.07 Å². The molecule has 0 N–H and O–H groups in total. The van der Waals surface area contributed by atoms with Gasteiger partial charge in [0.25, 0.3) is 0 Å². The van der Waals surface area contributed by atoms with E-state index in [0.717, 1.165) is 23.2 Å². The lowest BCUT2D eigenvalue weighted by Gasteiger charge is -2.38. The molecule has 1 saturated heterocycles. The molecule has 8 nitrogen and oxygen atoms in total. The summed E-state index contributed by atoms with van der Waals surface area (Å²) >= 11 is 1.06. The number of aromatic nitrogens is 2. The number of carbonyl (C=O) groups is 1. The first kappa shape index (κ1) is 17.5. The molecule has 1 fully saturated rings. The van der Waals surface area contributed by atoms with Crippen LogP contribution in [0.5, 0.6) is 0 Å². The Balaban J connectivity index is 1.53. The minimum absolute atomic E-state index is 0.0653. The maximum Gasteiger partial charge on any atom is 0.326 e. The highest BCUT2D eigenvalue weighted by Gasteiger charge is 2.27. The molecule has 0 bridgehead atoms. The first-order valence-corrected chi connectivity index (χ1v) is 9.37. The van der Waals surface area contributed by atoms with E-state index in [-0.39, 0.29) is 11.0 Å². The molecule has 1 unspecified atom stereocenters. The van der Waals surface area contributed by atoms with Gasteiger partial charge in [-0.2, -0.15) is 0 Å². The summed E-state index contributed by atoms with van der Waals surface area (Å²) in [5, 5.41) is 11.8. The van der Waals surface area contributed by atoms with E-state index in [1.165, 1.54) is 6.33 Å². The van der Waals surface area contributed by atoms with E-state index >= 15 is 0 Å². The Kier molecular flexibility index (Phi) is 4.78. The molecule has 2 aromatic heterocycles. The van der Waals surface area contributed by atoms with Crippen LogP contribution in [0.3, 0.4) is 0 Å². The van der Waals surface area contributed by atoms with Crippen LogP contribution in [0, 0.1) is 10.1 Å². The highest BCUT2D eigenvalue weighted by Crippen LogP contribution is 2.35. The topological polar surface area (TPSA) is 92.5 Å². The van der Waals surface area contributed by atoms with Crippen molar-refractivity contribution in [3.05, 3.63) is 58.4 Å². The van der Waals surface area contributed by atoms with Crippen molar-refractivity contribution in [1.29, 1.82) is 0 Å². The molecule has 1 aliphatic heterocycles. The molecule has 9 heteroatoms. The van der Waals surface area contributed by atoms with Gasteiger partial charge in [0.05, 0.1) is 16.4 Å².